The molecule has 0 amide bonds. The Hall–Kier alpha value is -1.06. The smallest absolute Gasteiger partial charge is 0.164 e. The number of Topliss-reactive ketones (excluding diaryl/α,β-unsaturated/α-hetero) is 1. The van der Waals surface area contributed by atoms with E-state index in [9.17, 15) is 4.79 Å². The Bertz CT molecular complexity index is 541. The number of halogens is 1. The molecule has 2 rings (SSSR count). The number of likely N-dealkylation sites (tertiary alicyclic amines) is 1. The lowest BCUT2D eigenvalue weighted by molar-refractivity contribution is 0.0958. The van der Waals surface area contributed by atoms with Gasteiger partial charge in [-0.2, -0.15) is 0 Å². The third-order valence-electron chi connectivity index (χ3n) is 5.37. The molecule has 1 aliphatic heterocycles. The van der Waals surface area contributed by atoms with E-state index in [0.29, 0.717) is 6.42 Å². The van der Waals surface area contributed by atoms with Gasteiger partial charge in [0.1, 0.15) is 5.75 Å². The van der Waals surface area contributed by atoms with Crippen molar-refractivity contribution in [3.05, 3.63) is 29.3 Å². The van der Waals surface area contributed by atoms with Crippen molar-refractivity contribution < 1.29 is 9.53 Å². The molecule has 27 heavy (non-hydrogen) atoms. The number of unbranched alkanes of at least 4 members (excludes halogenated alkanes) is 4. The van der Waals surface area contributed by atoms with Gasteiger partial charge in [0.2, 0.25) is 0 Å². The van der Waals surface area contributed by atoms with Crippen molar-refractivity contribution in [1.82, 2.24) is 4.90 Å². The number of aryl methyl sites for hydroxylation is 1. The minimum absolute atomic E-state index is 0. The van der Waals surface area contributed by atoms with Crippen molar-refractivity contribution in [1.29, 1.82) is 0 Å². The number of benzene rings is 1. The number of hydrogen-bond donors (Lipinski definition) is 0. The molecule has 1 saturated heterocycles. The summed E-state index contributed by atoms with van der Waals surface area (Å²) in [4.78, 5) is 15.0. The van der Waals surface area contributed by atoms with E-state index in [2.05, 4.69) is 18.7 Å². The fourth-order valence-corrected chi connectivity index (χ4v) is 3.64. The van der Waals surface area contributed by atoms with Gasteiger partial charge < -0.3 is 9.64 Å². The predicted octanol–water partition coefficient (Wildman–Crippen LogP) is 6.08. The molecular formula is C23H38ClNO2. The predicted molar refractivity (Wildman–Crippen MR) is 117 cm³/mol. The first-order valence-electron chi connectivity index (χ1n) is 10.8. The van der Waals surface area contributed by atoms with Gasteiger partial charge in [-0.1, -0.05) is 46.0 Å². The normalized spacial score (nSPS) is 14.6. The maximum atomic E-state index is 12.6. The lowest BCUT2D eigenvalue weighted by atomic mass is 10.0. The maximum Gasteiger partial charge on any atom is 0.164 e. The third kappa shape index (κ3) is 8.66. The summed E-state index contributed by atoms with van der Waals surface area (Å²) < 4.78 is 5.98. The highest BCUT2D eigenvalue weighted by Gasteiger charge is 2.14. The second-order valence-corrected chi connectivity index (χ2v) is 7.51. The molecule has 4 heteroatoms. The van der Waals surface area contributed by atoms with Crippen molar-refractivity contribution in [2.24, 2.45) is 0 Å². The van der Waals surface area contributed by atoms with E-state index in [1.165, 1.54) is 44.9 Å². The Morgan fingerprint density at radius 2 is 1.78 bits per heavy atom. The SMILES string of the molecule is CCCCCCCOc1ccc(C(=O)CCN2CCCCC2)cc1CC.Cl. The average molecular weight is 396 g/mol. The molecule has 1 heterocycles. The van der Waals surface area contributed by atoms with Crippen LogP contribution in [-0.4, -0.2) is 36.9 Å². The van der Waals surface area contributed by atoms with Gasteiger partial charge in [0, 0.05) is 18.5 Å². The van der Waals surface area contributed by atoms with E-state index in [0.717, 1.165) is 56.0 Å². The Kier molecular flexibility index (Phi) is 12.4. The summed E-state index contributed by atoms with van der Waals surface area (Å²) in [5.41, 5.74) is 2.00. The monoisotopic (exact) mass is 395 g/mol. The molecular weight excluding hydrogens is 358 g/mol. The second-order valence-electron chi connectivity index (χ2n) is 7.51. The second kappa shape index (κ2) is 14.0. The Morgan fingerprint density at radius 1 is 1.04 bits per heavy atom. The molecule has 154 valence electrons. The number of carbonyl (C=O) groups excluding carboxylic acids is 1. The highest BCUT2D eigenvalue weighted by atomic mass is 35.5. The molecule has 1 aliphatic rings. The summed E-state index contributed by atoms with van der Waals surface area (Å²) in [7, 11) is 0. The topological polar surface area (TPSA) is 29.5 Å². The van der Waals surface area contributed by atoms with Crippen LogP contribution in [0.2, 0.25) is 0 Å². The van der Waals surface area contributed by atoms with Gasteiger partial charge in [-0.05, 0) is 62.5 Å². The lowest BCUT2D eigenvalue weighted by Gasteiger charge is -2.26. The largest absolute Gasteiger partial charge is 0.493 e. The van der Waals surface area contributed by atoms with Gasteiger partial charge >= 0.3 is 0 Å². The molecule has 0 aromatic heterocycles. The van der Waals surface area contributed by atoms with Crippen molar-refractivity contribution in [2.75, 3.05) is 26.2 Å². The van der Waals surface area contributed by atoms with Crippen LogP contribution in [0.25, 0.3) is 0 Å². The van der Waals surface area contributed by atoms with Gasteiger partial charge in [0.15, 0.2) is 5.78 Å². The zero-order valence-electron chi connectivity index (χ0n) is 17.3. The first-order chi connectivity index (χ1) is 12.7. The first-order valence-corrected chi connectivity index (χ1v) is 10.8. The minimum atomic E-state index is 0. The van der Waals surface area contributed by atoms with Crippen molar-refractivity contribution in [3.63, 3.8) is 0 Å². The Labute approximate surface area is 172 Å². The molecule has 0 bridgehead atoms. The molecule has 0 spiro atoms. The van der Waals surface area contributed by atoms with Gasteiger partial charge in [-0.25, -0.2) is 0 Å². The highest BCUT2D eigenvalue weighted by molar-refractivity contribution is 5.96. The molecule has 1 fully saturated rings. The van der Waals surface area contributed by atoms with Crippen LogP contribution in [0.4, 0.5) is 0 Å². The number of piperidine rings is 1. The van der Waals surface area contributed by atoms with Crippen LogP contribution in [-0.2, 0) is 6.42 Å². The molecule has 0 atom stereocenters. The summed E-state index contributed by atoms with van der Waals surface area (Å²) in [5, 5.41) is 0. The van der Waals surface area contributed by atoms with Crippen LogP contribution in [0.1, 0.15) is 87.6 Å². The van der Waals surface area contributed by atoms with E-state index in [4.69, 9.17) is 4.74 Å². The molecule has 0 N–H and O–H groups in total. The molecule has 1 aromatic carbocycles. The van der Waals surface area contributed by atoms with Gasteiger partial charge in [-0.15, -0.1) is 12.4 Å². The molecule has 3 nitrogen and oxygen atoms in total. The fraction of sp³-hybridized carbons (Fsp3) is 0.696. The van der Waals surface area contributed by atoms with Crippen LogP contribution in [0.5, 0.6) is 5.75 Å². The van der Waals surface area contributed by atoms with Crippen molar-refractivity contribution in [2.45, 2.75) is 78.1 Å². The van der Waals surface area contributed by atoms with Crippen LogP contribution < -0.4 is 4.74 Å². The highest BCUT2D eigenvalue weighted by Crippen LogP contribution is 2.22. The summed E-state index contributed by atoms with van der Waals surface area (Å²) in [6.07, 6.45) is 11.6. The standard InChI is InChI=1S/C23H37NO2.ClH/c1-3-5-6-7-11-18-26-23-13-12-21(19-20(23)4-2)22(25)14-17-24-15-9-8-10-16-24;/h12-13,19H,3-11,14-18H2,1-2H3;1H. The van der Waals surface area contributed by atoms with E-state index in [-0.39, 0.29) is 18.2 Å². The first kappa shape index (κ1) is 24.0. The van der Waals surface area contributed by atoms with E-state index >= 15 is 0 Å². The Morgan fingerprint density at radius 3 is 2.48 bits per heavy atom. The van der Waals surface area contributed by atoms with Gasteiger partial charge in [0.05, 0.1) is 6.61 Å². The van der Waals surface area contributed by atoms with Gasteiger partial charge in [0.25, 0.3) is 0 Å². The number of nitrogens with zero attached hydrogens (tertiary/aromatic N) is 1. The third-order valence-corrected chi connectivity index (χ3v) is 5.37. The number of rotatable bonds is 12. The van der Waals surface area contributed by atoms with Crippen LogP contribution in [0.3, 0.4) is 0 Å². The minimum Gasteiger partial charge on any atom is -0.493 e. The maximum absolute atomic E-state index is 12.6. The van der Waals surface area contributed by atoms with E-state index < -0.39 is 0 Å². The number of ether oxygens (including phenoxy) is 1. The summed E-state index contributed by atoms with van der Waals surface area (Å²) in [6, 6.07) is 5.99. The molecule has 0 unspecified atom stereocenters. The van der Waals surface area contributed by atoms with Gasteiger partial charge in [-0.3, -0.25) is 4.79 Å². The lowest BCUT2D eigenvalue weighted by Crippen LogP contribution is -2.31. The molecule has 1 aromatic rings. The summed E-state index contributed by atoms with van der Waals surface area (Å²) in [5.74, 6) is 1.21. The Balaban J connectivity index is 0.00000364. The number of hydrogen-bond acceptors (Lipinski definition) is 3. The average Bonchev–Trinajstić information content (AvgIpc) is 2.69. The summed E-state index contributed by atoms with van der Waals surface area (Å²) >= 11 is 0. The zero-order chi connectivity index (χ0) is 18.6. The van der Waals surface area contributed by atoms with Crippen molar-refractivity contribution in [3.8, 4) is 5.75 Å². The quantitative estimate of drug-likeness (QED) is 0.317. The zero-order valence-corrected chi connectivity index (χ0v) is 18.1. The molecule has 0 radical (unpaired) electrons. The summed E-state index contributed by atoms with van der Waals surface area (Å²) in [6.45, 7) is 8.34. The van der Waals surface area contributed by atoms with Crippen LogP contribution in [0.15, 0.2) is 18.2 Å². The number of carbonyl (C=O) groups is 1. The van der Waals surface area contributed by atoms with E-state index in [1.54, 1.807) is 0 Å². The van der Waals surface area contributed by atoms with Crippen molar-refractivity contribution >= 4 is 18.2 Å². The molecule has 0 aliphatic carbocycles. The fourth-order valence-electron chi connectivity index (χ4n) is 3.64. The molecule has 0 saturated carbocycles. The van der Waals surface area contributed by atoms with Crippen LogP contribution >= 0.6 is 12.4 Å². The van der Waals surface area contributed by atoms with E-state index in [1.807, 2.05) is 18.2 Å². The number of ketones is 1. The van der Waals surface area contributed by atoms with Crippen LogP contribution in [0, 0.1) is 0 Å².